The number of hydrogen-bond donors (Lipinski definition) is 1. The van der Waals surface area contributed by atoms with Crippen molar-refractivity contribution in [3.63, 3.8) is 0 Å². The predicted octanol–water partition coefficient (Wildman–Crippen LogP) is 6.33. The Morgan fingerprint density at radius 2 is 2.05 bits per heavy atom. The van der Waals surface area contributed by atoms with E-state index in [9.17, 15) is 4.79 Å². The van der Waals surface area contributed by atoms with E-state index in [2.05, 4.69) is 56.4 Å². The number of thioether (sulfide) groups is 1. The van der Waals surface area contributed by atoms with Gasteiger partial charge in [-0.05, 0) is 54.6 Å². The lowest BCUT2D eigenvalue weighted by Gasteiger charge is -2.25. The van der Waals surface area contributed by atoms with Gasteiger partial charge in [0.05, 0.1) is 24.4 Å². The van der Waals surface area contributed by atoms with Crippen molar-refractivity contribution in [2.75, 3.05) is 45.2 Å². The van der Waals surface area contributed by atoms with Crippen molar-refractivity contribution >= 4 is 51.1 Å². The molecule has 2 aromatic carbocycles. The third-order valence-electron chi connectivity index (χ3n) is 6.12. The molecule has 1 fully saturated rings. The monoisotopic (exact) mass is 540 g/mol. The Morgan fingerprint density at radius 3 is 2.78 bits per heavy atom. The number of rotatable bonds is 8. The van der Waals surface area contributed by atoms with Crippen LogP contribution in [0.1, 0.15) is 23.6 Å². The number of halogens is 1. The molecule has 0 aliphatic carbocycles. The van der Waals surface area contributed by atoms with Gasteiger partial charge in [-0.25, -0.2) is 4.79 Å². The number of aryl methyl sites for hydroxylation is 2. The molecule has 1 N–H and O–H groups in total. The first-order valence-corrected chi connectivity index (χ1v) is 13.6. The third-order valence-corrected chi connectivity index (χ3v) is 7.31. The van der Waals surface area contributed by atoms with E-state index >= 15 is 0 Å². The number of carbonyl (C=O) groups is 1. The van der Waals surface area contributed by atoms with Gasteiger partial charge < -0.3 is 14.0 Å². The average Bonchev–Trinajstić information content (AvgIpc) is 3.24. The third kappa shape index (κ3) is 7.38. The van der Waals surface area contributed by atoms with Crippen molar-refractivity contribution in [3.05, 3.63) is 75.8 Å². The van der Waals surface area contributed by atoms with Gasteiger partial charge >= 0.3 is 6.09 Å². The van der Waals surface area contributed by atoms with E-state index in [1.54, 1.807) is 24.9 Å². The number of benzene rings is 2. The number of morpholine rings is 1. The van der Waals surface area contributed by atoms with E-state index in [1.807, 2.05) is 25.3 Å². The van der Waals surface area contributed by atoms with Crippen molar-refractivity contribution in [2.24, 2.45) is 4.99 Å². The van der Waals surface area contributed by atoms with Crippen molar-refractivity contribution in [1.82, 2.24) is 9.47 Å². The predicted molar refractivity (Wildman–Crippen MR) is 154 cm³/mol. The molecular formula is C28H33ClN4O3S. The molecule has 0 spiro atoms. The summed E-state index contributed by atoms with van der Waals surface area (Å²) in [7, 11) is 1.80. The fourth-order valence-electron chi connectivity index (χ4n) is 4.32. The maximum atomic E-state index is 12.7. The second-order valence-electron chi connectivity index (χ2n) is 8.83. The van der Waals surface area contributed by atoms with Crippen LogP contribution in [-0.2, 0) is 22.6 Å². The number of fused-ring (bicyclic) bond motifs is 1. The zero-order valence-corrected chi connectivity index (χ0v) is 23.1. The Bertz CT molecular complexity index is 1280. The van der Waals surface area contributed by atoms with Crippen LogP contribution in [0.15, 0.2) is 59.1 Å². The molecule has 7 nitrogen and oxygen atoms in total. The molecular weight excluding hydrogens is 508 g/mol. The van der Waals surface area contributed by atoms with Crippen LogP contribution < -0.4 is 5.32 Å². The van der Waals surface area contributed by atoms with Crippen LogP contribution in [-0.4, -0.2) is 60.5 Å². The number of ether oxygens (including phenoxy) is 2. The molecule has 37 heavy (non-hydrogen) atoms. The average molecular weight is 541 g/mol. The summed E-state index contributed by atoms with van der Waals surface area (Å²) in [6.07, 6.45) is 3.60. The number of anilines is 1. The van der Waals surface area contributed by atoms with Crippen molar-refractivity contribution < 1.29 is 14.3 Å². The normalized spacial score (nSPS) is 15.0. The van der Waals surface area contributed by atoms with Crippen LogP contribution in [0.4, 0.5) is 10.5 Å². The standard InChI is InChI=1S/C28H33ClN4O3S/c1-4-33-18-25(31-28(34)36-19-21-14-20(2)15-23(29)16-21)24-17-22(6-7-26(24)33)27(30-3)37-13-5-8-32-9-11-35-12-10-32/h5-7,13-18H,4,8-12,19H2,1-3H3,(H,31,34)/b13-5+,30-27?. The van der Waals surface area contributed by atoms with Crippen LogP contribution in [0.3, 0.4) is 0 Å². The number of nitrogens with one attached hydrogen (secondary N) is 1. The van der Waals surface area contributed by atoms with Gasteiger partial charge in [0.25, 0.3) is 0 Å². The van der Waals surface area contributed by atoms with Gasteiger partial charge in [0, 0.05) is 55.4 Å². The fraction of sp³-hybridized carbons (Fsp3) is 0.357. The highest BCUT2D eigenvalue weighted by Gasteiger charge is 2.14. The minimum Gasteiger partial charge on any atom is -0.444 e. The summed E-state index contributed by atoms with van der Waals surface area (Å²) >= 11 is 7.72. The van der Waals surface area contributed by atoms with Gasteiger partial charge in [-0.2, -0.15) is 0 Å². The van der Waals surface area contributed by atoms with Gasteiger partial charge in [-0.15, -0.1) is 0 Å². The smallest absolute Gasteiger partial charge is 0.412 e. The molecule has 0 unspecified atom stereocenters. The minimum absolute atomic E-state index is 0.144. The molecule has 1 saturated heterocycles. The lowest BCUT2D eigenvalue weighted by molar-refractivity contribution is 0.0434. The number of aromatic nitrogens is 1. The zero-order chi connectivity index (χ0) is 26.2. The molecule has 1 aliphatic rings. The summed E-state index contributed by atoms with van der Waals surface area (Å²) in [5.74, 6) is 0. The van der Waals surface area contributed by atoms with Crippen LogP contribution in [0.25, 0.3) is 10.9 Å². The largest absolute Gasteiger partial charge is 0.444 e. The van der Waals surface area contributed by atoms with Gasteiger partial charge in [0.2, 0.25) is 0 Å². The summed E-state index contributed by atoms with van der Waals surface area (Å²) in [6, 6.07) is 11.8. The van der Waals surface area contributed by atoms with Gasteiger partial charge in [-0.3, -0.25) is 15.2 Å². The summed E-state index contributed by atoms with van der Waals surface area (Å²) in [5, 5.41) is 7.49. The van der Waals surface area contributed by atoms with Crippen LogP contribution in [0, 0.1) is 6.92 Å². The van der Waals surface area contributed by atoms with Crippen LogP contribution in [0.5, 0.6) is 0 Å². The van der Waals surface area contributed by atoms with Gasteiger partial charge in [0.15, 0.2) is 0 Å². The molecule has 1 amide bonds. The molecule has 2 heterocycles. The zero-order valence-electron chi connectivity index (χ0n) is 21.5. The maximum absolute atomic E-state index is 12.7. The summed E-state index contributed by atoms with van der Waals surface area (Å²) in [4.78, 5) is 19.5. The summed E-state index contributed by atoms with van der Waals surface area (Å²) in [6.45, 7) is 9.37. The highest BCUT2D eigenvalue weighted by Crippen LogP contribution is 2.29. The topological polar surface area (TPSA) is 68.1 Å². The molecule has 0 atom stereocenters. The van der Waals surface area contributed by atoms with E-state index < -0.39 is 6.09 Å². The number of aliphatic imine (C=N–C) groups is 1. The second-order valence-corrected chi connectivity index (χ2v) is 10.2. The molecule has 196 valence electrons. The maximum Gasteiger partial charge on any atom is 0.412 e. The highest BCUT2D eigenvalue weighted by molar-refractivity contribution is 8.16. The minimum atomic E-state index is -0.511. The molecule has 1 aliphatic heterocycles. The summed E-state index contributed by atoms with van der Waals surface area (Å²) in [5.41, 5.74) is 4.61. The lowest BCUT2D eigenvalue weighted by Crippen LogP contribution is -2.36. The van der Waals surface area contributed by atoms with Gasteiger partial charge in [0.1, 0.15) is 11.7 Å². The Balaban J connectivity index is 1.45. The molecule has 3 aromatic rings. The molecule has 9 heteroatoms. The molecule has 0 saturated carbocycles. The first kappa shape index (κ1) is 27.3. The van der Waals surface area contributed by atoms with Gasteiger partial charge in [-0.1, -0.05) is 41.6 Å². The van der Waals surface area contributed by atoms with E-state index in [0.717, 1.165) is 72.0 Å². The first-order chi connectivity index (χ1) is 18.0. The SMILES string of the molecule is CCn1cc(NC(=O)OCc2cc(C)cc(Cl)c2)c2cc(C(=NC)S/C=C/CN3CCOCC3)ccc21. The number of amides is 1. The number of carbonyl (C=O) groups excluding carboxylic acids is 1. The molecule has 0 bridgehead atoms. The molecule has 0 radical (unpaired) electrons. The second kappa shape index (κ2) is 13.1. The summed E-state index contributed by atoms with van der Waals surface area (Å²) < 4.78 is 13.0. The quantitative estimate of drug-likeness (QED) is 0.267. The Labute approximate surface area is 227 Å². The number of nitrogens with zero attached hydrogens (tertiary/aromatic N) is 3. The Morgan fingerprint density at radius 1 is 1.24 bits per heavy atom. The van der Waals surface area contributed by atoms with E-state index in [4.69, 9.17) is 21.1 Å². The van der Waals surface area contributed by atoms with Crippen molar-refractivity contribution in [2.45, 2.75) is 27.0 Å². The van der Waals surface area contributed by atoms with Crippen LogP contribution in [0.2, 0.25) is 5.02 Å². The lowest BCUT2D eigenvalue weighted by atomic mass is 10.1. The van der Waals surface area contributed by atoms with E-state index in [1.165, 1.54) is 0 Å². The fourth-order valence-corrected chi connectivity index (χ4v) is 5.31. The number of hydrogen-bond acceptors (Lipinski definition) is 6. The molecule has 4 rings (SSSR count). The van der Waals surface area contributed by atoms with E-state index in [0.29, 0.717) is 10.7 Å². The Hall–Kier alpha value is -2.78. The van der Waals surface area contributed by atoms with Crippen LogP contribution >= 0.6 is 23.4 Å². The Kier molecular flexibility index (Phi) is 9.68. The van der Waals surface area contributed by atoms with E-state index in [-0.39, 0.29) is 6.61 Å². The first-order valence-electron chi connectivity index (χ1n) is 12.4. The molecule has 1 aromatic heterocycles. The van der Waals surface area contributed by atoms with Crippen molar-refractivity contribution in [3.8, 4) is 0 Å². The highest BCUT2D eigenvalue weighted by atomic mass is 35.5. The van der Waals surface area contributed by atoms with Crippen molar-refractivity contribution in [1.29, 1.82) is 0 Å².